The zero-order chi connectivity index (χ0) is 28.6. The van der Waals surface area contributed by atoms with Crippen molar-refractivity contribution in [3.05, 3.63) is 101 Å². The van der Waals surface area contributed by atoms with E-state index < -0.39 is 28.5 Å². The van der Waals surface area contributed by atoms with Crippen LogP contribution in [-0.2, 0) is 32.6 Å². The average molecular weight is 550 g/mol. The summed E-state index contributed by atoms with van der Waals surface area (Å²) in [6, 6.07) is 23.4. The highest BCUT2D eigenvalue weighted by Gasteiger charge is 2.33. The van der Waals surface area contributed by atoms with Gasteiger partial charge in [-0.1, -0.05) is 73.7 Å². The highest BCUT2D eigenvalue weighted by atomic mass is 32.2. The topological polar surface area (TPSA) is 86.8 Å². The Morgan fingerprint density at radius 3 is 2.21 bits per heavy atom. The molecule has 0 fully saturated rings. The number of hydrogen-bond donors (Lipinski definition) is 1. The quantitative estimate of drug-likeness (QED) is 0.357. The fourth-order valence-electron chi connectivity index (χ4n) is 4.36. The van der Waals surface area contributed by atoms with Gasteiger partial charge in [0.2, 0.25) is 21.8 Å². The first-order valence-corrected chi connectivity index (χ1v) is 15.1. The molecule has 0 aromatic heterocycles. The number of carbonyl (C=O) groups excluding carboxylic acids is 2. The van der Waals surface area contributed by atoms with Crippen LogP contribution in [0.1, 0.15) is 42.5 Å². The van der Waals surface area contributed by atoms with Crippen LogP contribution in [0.4, 0.5) is 5.69 Å². The lowest BCUT2D eigenvalue weighted by Gasteiger charge is -2.34. The molecular formula is C31H39N3O4S. The van der Waals surface area contributed by atoms with Crippen LogP contribution in [0.5, 0.6) is 0 Å². The van der Waals surface area contributed by atoms with Crippen LogP contribution in [0.3, 0.4) is 0 Å². The van der Waals surface area contributed by atoms with Gasteiger partial charge in [-0.25, -0.2) is 8.42 Å². The first-order chi connectivity index (χ1) is 18.5. The van der Waals surface area contributed by atoms with Crippen molar-refractivity contribution in [1.29, 1.82) is 0 Å². The molecule has 0 saturated carbocycles. The fraction of sp³-hybridized carbons (Fsp3) is 0.355. The molecule has 3 aromatic rings. The third-order valence-corrected chi connectivity index (χ3v) is 7.98. The van der Waals surface area contributed by atoms with E-state index in [1.807, 2.05) is 88.4 Å². The van der Waals surface area contributed by atoms with Crippen molar-refractivity contribution in [3.8, 4) is 0 Å². The Balaban J connectivity index is 2.07. The van der Waals surface area contributed by atoms with Crippen LogP contribution < -0.4 is 9.62 Å². The minimum absolute atomic E-state index is 0.0778. The summed E-state index contributed by atoms with van der Waals surface area (Å²) in [6.45, 7) is 7.48. The molecule has 2 amide bonds. The third kappa shape index (κ3) is 8.42. The second kappa shape index (κ2) is 13.4. The highest BCUT2D eigenvalue weighted by molar-refractivity contribution is 7.92. The number of aryl methyl sites for hydroxylation is 2. The molecule has 2 atom stereocenters. The number of anilines is 1. The highest BCUT2D eigenvalue weighted by Crippen LogP contribution is 2.22. The summed E-state index contributed by atoms with van der Waals surface area (Å²) in [7, 11) is -3.79. The molecule has 0 saturated heterocycles. The monoisotopic (exact) mass is 549 g/mol. The van der Waals surface area contributed by atoms with E-state index in [1.54, 1.807) is 18.2 Å². The Morgan fingerprint density at radius 1 is 0.923 bits per heavy atom. The van der Waals surface area contributed by atoms with E-state index in [0.29, 0.717) is 12.1 Å². The van der Waals surface area contributed by atoms with Crippen LogP contribution in [0.15, 0.2) is 78.9 Å². The first kappa shape index (κ1) is 29.9. The zero-order valence-corrected chi connectivity index (χ0v) is 24.2. The van der Waals surface area contributed by atoms with Crippen LogP contribution in [-0.4, -0.2) is 50.0 Å². The number of hydrogen-bond acceptors (Lipinski definition) is 4. The number of benzene rings is 3. The molecule has 0 aliphatic heterocycles. The molecule has 0 heterocycles. The molecule has 7 nitrogen and oxygen atoms in total. The van der Waals surface area contributed by atoms with Gasteiger partial charge in [-0.2, -0.15) is 0 Å². The Labute approximate surface area is 232 Å². The lowest BCUT2D eigenvalue weighted by molar-refractivity contribution is -0.140. The van der Waals surface area contributed by atoms with Gasteiger partial charge in [0.05, 0.1) is 11.9 Å². The van der Waals surface area contributed by atoms with Gasteiger partial charge >= 0.3 is 0 Å². The summed E-state index contributed by atoms with van der Waals surface area (Å²) >= 11 is 0. The molecular weight excluding hydrogens is 510 g/mol. The number of sulfonamides is 1. The zero-order valence-electron chi connectivity index (χ0n) is 23.4. The number of nitrogens with one attached hydrogen (secondary N) is 1. The first-order valence-electron chi connectivity index (χ1n) is 13.2. The molecule has 0 aliphatic carbocycles. The molecule has 0 aliphatic rings. The van der Waals surface area contributed by atoms with Crippen molar-refractivity contribution in [3.63, 3.8) is 0 Å². The van der Waals surface area contributed by atoms with Gasteiger partial charge in [0, 0.05) is 19.0 Å². The van der Waals surface area contributed by atoms with Crippen LogP contribution in [0.2, 0.25) is 0 Å². The van der Waals surface area contributed by atoms with E-state index in [0.717, 1.165) is 39.2 Å². The summed E-state index contributed by atoms with van der Waals surface area (Å²) in [4.78, 5) is 29.3. The summed E-state index contributed by atoms with van der Waals surface area (Å²) in [5.41, 5.74) is 4.06. The maximum atomic E-state index is 14.1. The maximum Gasteiger partial charge on any atom is 0.244 e. The minimum atomic E-state index is -3.79. The van der Waals surface area contributed by atoms with Crippen molar-refractivity contribution in [2.45, 2.75) is 59.2 Å². The lowest BCUT2D eigenvalue weighted by Crippen LogP contribution is -2.54. The molecule has 0 radical (unpaired) electrons. The van der Waals surface area contributed by atoms with Gasteiger partial charge in [0.1, 0.15) is 12.6 Å². The number of nitrogens with zero attached hydrogens (tertiary/aromatic N) is 2. The fourth-order valence-corrected chi connectivity index (χ4v) is 5.20. The van der Waals surface area contributed by atoms with E-state index in [4.69, 9.17) is 0 Å². The summed E-state index contributed by atoms with van der Waals surface area (Å²) in [5.74, 6) is -0.720. The van der Waals surface area contributed by atoms with E-state index in [1.165, 1.54) is 4.90 Å². The maximum absolute atomic E-state index is 14.1. The van der Waals surface area contributed by atoms with Gasteiger partial charge in [0.25, 0.3) is 0 Å². The van der Waals surface area contributed by atoms with E-state index in [-0.39, 0.29) is 18.5 Å². The molecule has 3 rings (SSSR count). The Hall–Kier alpha value is -3.65. The van der Waals surface area contributed by atoms with Crippen LogP contribution in [0, 0.1) is 13.8 Å². The second-order valence-electron chi connectivity index (χ2n) is 10.1. The van der Waals surface area contributed by atoms with Gasteiger partial charge < -0.3 is 10.2 Å². The number of amides is 2. The van der Waals surface area contributed by atoms with Gasteiger partial charge in [-0.05, 0) is 61.6 Å². The van der Waals surface area contributed by atoms with E-state index >= 15 is 0 Å². The Morgan fingerprint density at radius 2 is 1.59 bits per heavy atom. The normalized spacial score (nSPS) is 12.8. The van der Waals surface area contributed by atoms with Crippen LogP contribution >= 0.6 is 0 Å². The molecule has 0 unspecified atom stereocenters. The van der Waals surface area contributed by atoms with Crippen molar-refractivity contribution >= 4 is 27.5 Å². The van der Waals surface area contributed by atoms with Crippen LogP contribution in [0.25, 0.3) is 0 Å². The Bertz CT molecular complexity index is 1380. The van der Waals surface area contributed by atoms with Gasteiger partial charge in [-0.15, -0.1) is 0 Å². The second-order valence-corrected chi connectivity index (χ2v) is 12.0. The number of rotatable bonds is 12. The number of carbonyl (C=O) groups is 2. The van der Waals surface area contributed by atoms with Crippen molar-refractivity contribution in [2.24, 2.45) is 0 Å². The molecule has 8 heteroatoms. The summed E-state index contributed by atoms with van der Waals surface area (Å²) in [6.07, 6.45) is 2.13. The summed E-state index contributed by atoms with van der Waals surface area (Å²) < 4.78 is 26.8. The molecule has 39 heavy (non-hydrogen) atoms. The minimum Gasteiger partial charge on any atom is -0.352 e. The smallest absolute Gasteiger partial charge is 0.244 e. The molecule has 1 N–H and O–H groups in total. The van der Waals surface area contributed by atoms with E-state index in [2.05, 4.69) is 5.32 Å². The van der Waals surface area contributed by atoms with Gasteiger partial charge in [0.15, 0.2) is 0 Å². The molecule has 0 spiro atoms. The third-order valence-electron chi connectivity index (χ3n) is 6.84. The van der Waals surface area contributed by atoms with Crippen molar-refractivity contribution in [2.75, 3.05) is 17.1 Å². The summed E-state index contributed by atoms with van der Waals surface area (Å²) in [5, 5.41) is 3.04. The van der Waals surface area contributed by atoms with Crippen molar-refractivity contribution < 1.29 is 18.0 Å². The predicted molar refractivity (Wildman–Crippen MR) is 157 cm³/mol. The Kier molecular flexibility index (Phi) is 10.3. The van der Waals surface area contributed by atoms with Gasteiger partial charge in [-0.3, -0.25) is 13.9 Å². The van der Waals surface area contributed by atoms with Crippen molar-refractivity contribution in [1.82, 2.24) is 10.2 Å². The predicted octanol–water partition coefficient (Wildman–Crippen LogP) is 4.62. The average Bonchev–Trinajstić information content (AvgIpc) is 2.89. The molecule has 0 bridgehead atoms. The molecule has 3 aromatic carbocycles. The standard InChI is InChI=1S/C31H39N3O4S/c1-6-25(4)32-31(36)29(20-26-15-8-7-9-16-26)33(21-27-17-11-10-14-24(27)3)30(35)22-34(39(5,37)38)28-18-12-13-23(2)19-28/h7-19,25,29H,6,20-22H2,1-5H3,(H,32,36)/t25-,29-/m0/s1. The largest absolute Gasteiger partial charge is 0.352 e. The lowest BCUT2D eigenvalue weighted by atomic mass is 10.0. The molecule has 208 valence electrons. The SMILES string of the molecule is CC[C@H](C)NC(=O)[C@H](Cc1ccccc1)N(Cc1ccccc1C)C(=O)CN(c1cccc(C)c1)S(C)(=O)=O. The van der Waals surface area contributed by atoms with E-state index in [9.17, 15) is 18.0 Å².